The molecule has 0 radical (unpaired) electrons. The van der Waals surface area contributed by atoms with Crippen LogP contribution in [-0.4, -0.2) is 0 Å². The number of hydrogen-bond acceptors (Lipinski definition) is 2. The van der Waals surface area contributed by atoms with Crippen LogP contribution in [0.15, 0.2) is 205 Å². The van der Waals surface area contributed by atoms with Gasteiger partial charge in [0.2, 0.25) is 0 Å². The second kappa shape index (κ2) is 14.8. The molecule has 2 aliphatic rings. The van der Waals surface area contributed by atoms with Gasteiger partial charge in [0.05, 0.1) is 5.69 Å². The molecule has 0 bridgehead atoms. The zero-order valence-electron chi connectivity index (χ0n) is 35.0. The van der Waals surface area contributed by atoms with Gasteiger partial charge in [0, 0.05) is 38.7 Å². The number of furan rings is 1. The second-order valence-electron chi connectivity index (χ2n) is 17.5. The smallest absolute Gasteiger partial charge is 0.143 e. The summed E-state index contributed by atoms with van der Waals surface area (Å²) in [5, 5.41) is 4.97. The molecule has 9 aromatic carbocycles. The molecule has 0 spiro atoms. The molecule has 298 valence electrons. The number of para-hydroxylation sites is 3. The number of hydrogen-bond donors (Lipinski definition) is 0. The van der Waals surface area contributed by atoms with Crippen molar-refractivity contribution in [1.29, 1.82) is 0 Å². The fourth-order valence-corrected chi connectivity index (χ4v) is 11.2. The van der Waals surface area contributed by atoms with E-state index in [1.54, 1.807) is 0 Å². The average molecular weight is 798 g/mol. The highest BCUT2D eigenvalue weighted by molar-refractivity contribution is 6.10. The van der Waals surface area contributed by atoms with Crippen LogP contribution in [0.3, 0.4) is 0 Å². The first-order valence-electron chi connectivity index (χ1n) is 22.4. The lowest BCUT2D eigenvalue weighted by molar-refractivity contribution is 0.445. The Morgan fingerprint density at radius 1 is 0.484 bits per heavy atom. The first-order valence-corrected chi connectivity index (χ1v) is 22.4. The van der Waals surface area contributed by atoms with Crippen LogP contribution in [0.5, 0.6) is 0 Å². The van der Waals surface area contributed by atoms with Crippen molar-refractivity contribution >= 4 is 49.8 Å². The van der Waals surface area contributed by atoms with Gasteiger partial charge >= 0.3 is 0 Å². The standard InChI is InChI=1S/C60H47NO/c1-60(43-23-6-3-7-24-43)54-33-11-8-26-48(54)49-37-36-45(39-55(49)60)61(44-25-14-22-42(38-44)47-30-17-32-53-51-28-10-13-35-57(51)62-59(47)53)56-34-12-9-27-50(56)52-31-16-21-41-20-15-29-46(58(41)52)40-18-4-2-5-19-40/h3,6-17,20-40H,2,4-5,18-19H2,1H3. The van der Waals surface area contributed by atoms with E-state index in [4.69, 9.17) is 4.42 Å². The van der Waals surface area contributed by atoms with Crippen LogP contribution in [0.2, 0.25) is 0 Å². The molecule has 62 heavy (non-hydrogen) atoms. The van der Waals surface area contributed by atoms with E-state index in [0.717, 1.165) is 50.1 Å². The SMILES string of the molecule is CC1(c2ccccc2)c2ccccc2-c2ccc(N(c3cccc(-c4cccc5c4oc4ccccc45)c3)c3ccccc3-c3cccc4cccc(C5CCCCC5)c34)cc21. The minimum Gasteiger partial charge on any atom is -0.455 e. The number of fused-ring (bicyclic) bond motifs is 7. The molecule has 1 aromatic heterocycles. The Labute approximate surface area is 363 Å². The van der Waals surface area contributed by atoms with Crippen LogP contribution in [0.4, 0.5) is 17.1 Å². The lowest BCUT2D eigenvalue weighted by atomic mass is 9.74. The van der Waals surface area contributed by atoms with Gasteiger partial charge in [0.25, 0.3) is 0 Å². The van der Waals surface area contributed by atoms with Gasteiger partial charge in [-0.25, -0.2) is 0 Å². The van der Waals surface area contributed by atoms with Crippen molar-refractivity contribution < 1.29 is 4.42 Å². The summed E-state index contributed by atoms with van der Waals surface area (Å²) in [6.07, 6.45) is 6.45. The maximum atomic E-state index is 6.62. The lowest BCUT2D eigenvalue weighted by Gasteiger charge is -2.32. The van der Waals surface area contributed by atoms with Crippen LogP contribution >= 0.6 is 0 Å². The zero-order chi connectivity index (χ0) is 41.2. The van der Waals surface area contributed by atoms with Gasteiger partial charge in [-0.05, 0) is 117 Å². The largest absolute Gasteiger partial charge is 0.455 e. The minimum absolute atomic E-state index is 0.336. The summed E-state index contributed by atoms with van der Waals surface area (Å²) < 4.78 is 6.62. The third kappa shape index (κ3) is 5.77. The van der Waals surface area contributed by atoms with Gasteiger partial charge in [-0.3, -0.25) is 0 Å². The van der Waals surface area contributed by atoms with E-state index in [1.165, 1.54) is 87.4 Å². The van der Waals surface area contributed by atoms with Crippen molar-refractivity contribution in [2.24, 2.45) is 0 Å². The number of rotatable bonds is 7. The van der Waals surface area contributed by atoms with Crippen LogP contribution in [-0.2, 0) is 5.41 Å². The number of nitrogens with zero attached hydrogens (tertiary/aromatic N) is 1. The Kier molecular flexibility index (Phi) is 8.74. The Bertz CT molecular complexity index is 3310. The molecule has 2 aliphatic carbocycles. The topological polar surface area (TPSA) is 16.4 Å². The molecule has 1 heterocycles. The van der Waals surface area contributed by atoms with E-state index in [2.05, 4.69) is 206 Å². The Balaban J connectivity index is 1.10. The molecule has 0 saturated heterocycles. The summed E-state index contributed by atoms with van der Waals surface area (Å²) in [4.78, 5) is 2.51. The summed E-state index contributed by atoms with van der Waals surface area (Å²) in [6, 6.07) is 74.1. The van der Waals surface area contributed by atoms with E-state index >= 15 is 0 Å². The average Bonchev–Trinajstić information content (AvgIpc) is 3.85. The lowest BCUT2D eigenvalue weighted by Crippen LogP contribution is -2.23. The van der Waals surface area contributed by atoms with Crippen molar-refractivity contribution in [3.63, 3.8) is 0 Å². The molecule has 1 saturated carbocycles. The normalized spacial score (nSPS) is 16.1. The van der Waals surface area contributed by atoms with Gasteiger partial charge in [-0.15, -0.1) is 0 Å². The molecule has 0 N–H and O–H groups in total. The predicted octanol–water partition coefficient (Wildman–Crippen LogP) is 16.9. The first kappa shape index (κ1) is 36.7. The van der Waals surface area contributed by atoms with Gasteiger partial charge in [-0.2, -0.15) is 0 Å². The molecule has 12 rings (SSSR count). The quantitative estimate of drug-likeness (QED) is 0.160. The summed E-state index contributed by atoms with van der Waals surface area (Å²) in [7, 11) is 0. The molecular formula is C60H47NO. The first-order chi connectivity index (χ1) is 30.6. The van der Waals surface area contributed by atoms with E-state index in [9.17, 15) is 0 Å². The molecule has 1 unspecified atom stereocenters. The zero-order valence-corrected chi connectivity index (χ0v) is 35.0. The highest BCUT2D eigenvalue weighted by Crippen LogP contribution is 2.55. The third-order valence-corrected chi connectivity index (χ3v) is 14.1. The van der Waals surface area contributed by atoms with Crippen molar-refractivity contribution in [2.45, 2.75) is 50.4 Å². The Morgan fingerprint density at radius 2 is 1.15 bits per heavy atom. The van der Waals surface area contributed by atoms with Gasteiger partial charge in [0.15, 0.2) is 0 Å². The molecule has 10 aromatic rings. The highest BCUT2D eigenvalue weighted by atomic mass is 16.3. The van der Waals surface area contributed by atoms with Crippen LogP contribution in [0.1, 0.15) is 67.2 Å². The van der Waals surface area contributed by atoms with Crippen molar-refractivity contribution in [3.05, 3.63) is 222 Å². The van der Waals surface area contributed by atoms with E-state index < -0.39 is 0 Å². The molecule has 2 heteroatoms. The maximum Gasteiger partial charge on any atom is 0.143 e. The predicted molar refractivity (Wildman–Crippen MR) is 260 cm³/mol. The van der Waals surface area contributed by atoms with E-state index in [1.807, 2.05) is 6.07 Å². The van der Waals surface area contributed by atoms with Crippen LogP contribution in [0.25, 0.3) is 66.1 Å². The van der Waals surface area contributed by atoms with Crippen LogP contribution in [0, 0.1) is 0 Å². The number of benzene rings is 9. The Morgan fingerprint density at radius 3 is 2.03 bits per heavy atom. The summed E-state index contributed by atoms with van der Waals surface area (Å²) in [6.45, 7) is 2.41. The van der Waals surface area contributed by atoms with Crippen LogP contribution < -0.4 is 4.90 Å². The number of anilines is 3. The van der Waals surface area contributed by atoms with Gasteiger partial charge in [-0.1, -0.05) is 183 Å². The third-order valence-electron chi connectivity index (χ3n) is 14.1. The van der Waals surface area contributed by atoms with Gasteiger partial charge in [0.1, 0.15) is 11.2 Å². The molecule has 1 atom stereocenters. The van der Waals surface area contributed by atoms with Crippen molar-refractivity contribution in [2.75, 3.05) is 4.90 Å². The minimum atomic E-state index is -0.336. The maximum absolute atomic E-state index is 6.62. The monoisotopic (exact) mass is 797 g/mol. The fraction of sp³-hybridized carbons (Fsp3) is 0.133. The summed E-state index contributed by atoms with van der Waals surface area (Å²) in [5.74, 6) is 0.573. The molecule has 1 fully saturated rings. The highest BCUT2D eigenvalue weighted by Gasteiger charge is 2.41. The van der Waals surface area contributed by atoms with E-state index in [0.29, 0.717) is 5.92 Å². The fourth-order valence-electron chi connectivity index (χ4n) is 11.2. The molecular weight excluding hydrogens is 751 g/mol. The molecule has 0 amide bonds. The summed E-state index contributed by atoms with van der Waals surface area (Å²) in [5.41, 5.74) is 17.6. The summed E-state index contributed by atoms with van der Waals surface area (Å²) >= 11 is 0. The second-order valence-corrected chi connectivity index (χ2v) is 17.5. The Hall–Kier alpha value is -7.16. The van der Waals surface area contributed by atoms with Gasteiger partial charge < -0.3 is 9.32 Å². The van der Waals surface area contributed by atoms with E-state index in [-0.39, 0.29) is 5.41 Å². The van der Waals surface area contributed by atoms with Crippen molar-refractivity contribution in [3.8, 4) is 33.4 Å². The molecule has 2 nitrogen and oxygen atoms in total. The molecule has 0 aliphatic heterocycles. The van der Waals surface area contributed by atoms with Crippen molar-refractivity contribution in [1.82, 2.24) is 0 Å².